The molecule has 1 heterocycles. The highest BCUT2D eigenvalue weighted by atomic mass is 32.2. The number of ketones is 1. The molecule has 0 aliphatic heterocycles. The highest BCUT2D eigenvalue weighted by Gasteiger charge is 2.11. The van der Waals surface area contributed by atoms with Gasteiger partial charge in [-0.2, -0.15) is 4.98 Å². The Bertz CT molecular complexity index is 919. The SMILES string of the molecule is CCc1ccc(-c2noc(CSCc3cc(C(C)=O)ccc3OC)n2)cc1. The molecule has 3 rings (SSSR count). The van der Waals surface area contributed by atoms with Crippen molar-refractivity contribution in [2.24, 2.45) is 0 Å². The molecule has 5 nitrogen and oxygen atoms in total. The van der Waals surface area contributed by atoms with Crippen molar-refractivity contribution >= 4 is 17.5 Å². The number of carbonyl (C=O) groups is 1. The van der Waals surface area contributed by atoms with E-state index in [1.807, 2.05) is 24.3 Å². The Morgan fingerprint density at radius 2 is 1.93 bits per heavy atom. The van der Waals surface area contributed by atoms with Crippen molar-refractivity contribution in [1.82, 2.24) is 10.1 Å². The summed E-state index contributed by atoms with van der Waals surface area (Å²) in [4.78, 5) is 16.1. The van der Waals surface area contributed by atoms with Gasteiger partial charge >= 0.3 is 0 Å². The summed E-state index contributed by atoms with van der Waals surface area (Å²) in [6, 6.07) is 13.7. The van der Waals surface area contributed by atoms with Crippen LogP contribution >= 0.6 is 11.8 Å². The van der Waals surface area contributed by atoms with Gasteiger partial charge in [-0.15, -0.1) is 11.8 Å². The number of rotatable bonds is 8. The number of hydrogen-bond acceptors (Lipinski definition) is 6. The zero-order valence-corrected chi connectivity index (χ0v) is 16.5. The van der Waals surface area contributed by atoms with Gasteiger partial charge in [0.2, 0.25) is 11.7 Å². The summed E-state index contributed by atoms with van der Waals surface area (Å²) in [5.74, 6) is 3.27. The maximum atomic E-state index is 11.6. The van der Waals surface area contributed by atoms with E-state index in [0.717, 1.165) is 23.3 Å². The van der Waals surface area contributed by atoms with Gasteiger partial charge in [-0.05, 0) is 37.1 Å². The van der Waals surface area contributed by atoms with Crippen LogP contribution in [0.1, 0.15) is 41.2 Å². The summed E-state index contributed by atoms with van der Waals surface area (Å²) in [6.07, 6.45) is 1.00. The number of aryl methyl sites for hydroxylation is 1. The molecule has 0 saturated carbocycles. The van der Waals surface area contributed by atoms with Crippen LogP contribution in [0.25, 0.3) is 11.4 Å². The number of methoxy groups -OCH3 is 1. The van der Waals surface area contributed by atoms with Crippen LogP contribution < -0.4 is 4.74 Å². The van der Waals surface area contributed by atoms with Crippen LogP contribution in [0.15, 0.2) is 47.0 Å². The number of thioether (sulfide) groups is 1. The lowest BCUT2D eigenvalue weighted by Crippen LogP contribution is -1.97. The van der Waals surface area contributed by atoms with Gasteiger partial charge in [0.1, 0.15) is 5.75 Å². The van der Waals surface area contributed by atoms with E-state index in [1.165, 1.54) is 5.56 Å². The van der Waals surface area contributed by atoms with Crippen molar-refractivity contribution in [3.8, 4) is 17.1 Å². The van der Waals surface area contributed by atoms with Crippen LogP contribution in [-0.2, 0) is 17.9 Å². The number of aromatic nitrogens is 2. The van der Waals surface area contributed by atoms with Crippen molar-refractivity contribution in [3.63, 3.8) is 0 Å². The highest BCUT2D eigenvalue weighted by Crippen LogP contribution is 2.27. The van der Waals surface area contributed by atoms with E-state index >= 15 is 0 Å². The molecular formula is C21H22N2O3S. The Morgan fingerprint density at radius 1 is 1.15 bits per heavy atom. The number of ether oxygens (including phenoxy) is 1. The molecular weight excluding hydrogens is 360 g/mol. The standard InChI is InChI=1S/C21H22N2O3S/c1-4-15-5-7-16(8-6-15)21-22-20(26-23-21)13-27-12-18-11-17(14(2)24)9-10-19(18)25-3/h5-11H,4,12-13H2,1-3H3. The predicted octanol–water partition coefficient (Wildman–Crippen LogP) is 4.94. The Kier molecular flexibility index (Phi) is 6.29. The van der Waals surface area contributed by atoms with Crippen LogP contribution in [0.2, 0.25) is 0 Å². The molecule has 3 aromatic rings. The first-order valence-corrected chi connectivity index (χ1v) is 9.93. The van der Waals surface area contributed by atoms with Gasteiger partial charge in [-0.3, -0.25) is 4.79 Å². The molecule has 0 atom stereocenters. The van der Waals surface area contributed by atoms with Crippen molar-refractivity contribution in [1.29, 1.82) is 0 Å². The molecule has 1 aromatic heterocycles. The Morgan fingerprint density at radius 3 is 2.59 bits per heavy atom. The summed E-state index contributed by atoms with van der Waals surface area (Å²) in [5.41, 5.74) is 3.88. The molecule has 0 aliphatic carbocycles. The summed E-state index contributed by atoms with van der Waals surface area (Å²) < 4.78 is 10.8. The number of benzene rings is 2. The zero-order chi connectivity index (χ0) is 19.2. The Hall–Kier alpha value is -2.60. The minimum absolute atomic E-state index is 0.0412. The van der Waals surface area contributed by atoms with Gasteiger partial charge in [-0.25, -0.2) is 0 Å². The van der Waals surface area contributed by atoms with Crippen molar-refractivity contribution < 1.29 is 14.1 Å². The minimum atomic E-state index is 0.0412. The lowest BCUT2D eigenvalue weighted by atomic mass is 10.1. The van der Waals surface area contributed by atoms with Crippen LogP contribution in [-0.4, -0.2) is 23.0 Å². The smallest absolute Gasteiger partial charge is 0.236 e. The molecule has 0 radical (unpaired) electrons. The van der Waals surface area contributed by atoms with Crippen LogP contribution in [0, 0.1) is 0 Å². The third-order valence-corrected chi connectivity index (χ3v) is 5.22. The fourth-order valence-electron chi connectivity index (χ4n) is 2.68. The third-order valence-electron chi connectivity index (χ3n) is 4.26. The molecule has 140 valence electrons. The summed E-state index contributed by atoms with van der Waals surface area (Å²) >= 11 is 1.64. The first-order chi connectivity index (χ1) is 13.1. The van der Waals surface area contributed by atoms with E-state index < -0.39 is 0 Å². The lowest BCUT2D eigenvalue weighted by Gasteiger charge is -2.09. The van der Waals surface area contributed by atoms with Gasteiger partial charge in [0.25, 0.3) is 0 Å². The molecule has 0 amide bonds. The van der Waals surface area contributed by atoms with Gasteiger partial charge in [0.05, 0.1) is 12.9 Å². The van der Waals surface area contributed by atoms with Crippen LogP contribution in [0.5, 0.6) is 5.75 Å². The Labute approximate surface area is 163 Å². The van der Waals surface area contributed by atoms with Crippen LogP contribution in [0.4, 0.5) is 0 Å². The molecule has 0 spiro atoms. The maximum Gasteiger partial charge on any atom is 0.236 e. The van der Waals surface area contributed by atoms with E-state index in [9.17, 15) is 4.79 Å². The normalized spacial score (nSPS) is 10.8. The minimum Gasteiger partial charge on any atom is -0.496 e. The molecule has 0 saturated heterocycles. The van der Waals surface area contributed by atoms with E-state index in [4.69, 9.17) is 9.26 Å². The number of hydrogen-bond donors (Lipinski definition) is 0. The van der Waals surface area contributed by atoms with Crippen LogP contribution in [0.3, 0.4) is 0 Å². The molecule has 0 aliphatic rings. The van der Waals surface area contributed by atoms with E-state index in [2.05, 4.69) is 29.2 Å². The van der Waals surface area contributed by atoms with E-state index in [-0.39, 0.29) is 5.78 Å². The van der Waals surface area contributed by atoms with Gasteiger partial charge in [0, 0.05) is 22.4 Å². The second-order valence-corrected chi connectivity index (χ2v) is 7.12. The maximum absolute atomic E-state index is 11.6. The summed E-state index contributed by atoms with van der Waals surface area (Å²) in [7, 11) is 1.63. The molecule has 0 fully saturated rings. The monoisotopic (exact) mass is 382 g/mol. The number of carbonyl (C=O) groups excluding carboxylic acids is 1. The van der Waals surface area contributed by atoms with Gasteiger partial charge < -0.3 is 9.26 Å². The topological polar surface area (TPSA) is 65.2 Å². The number of nitrogens with zero attached hydrogens (tertiary/aromatic N) is 2. The quantitative estimate of drug-likeness (QED) is 0.514. The largest absolute Gasteiger partial charge is 0.496 e. The predicted molar refractivity (Wildman–Crippen MR) is 107 cm³/mol. The van der Waals surface area contributed by atoms with E-state index in [1.54, 1.807) is 31.9 Å². The molecule has 27 heavy (non-hydrogen) atoms. The molecule has 6 heteroatoms. The molecule has 2 aromatic carbocycles. The van der Waals surface area contributed by atoms with E-state index in [0.29, 0.717) is 28.8 Å². The van der Waals surface area contributed by atoms with Crippen molar-refractivity contribution in [3.05, 3.63) is 65.0 Å². The van der Waals surface area contributed by atoms with Gasteiger partial charge in [0.15, 0.2) is 5.78 Å². The number of Topliss-reactive ketones (excluding diaryl/α,β-unsaturated/α-hetero) is 1. The molecule has 0 unspecified atom stereocenters. The summed E-state index contributed by atoms with van der Waals surface area (Å²) in [5, 5.41) is 4.07. The van der Waals surface area contributed by atoms with Gasteiger partial charge in [-0.1, -0.05) is 36.3 Å². The second-order valence-electron chi connectivity index (χ2n) is 6.14. The lowest BCUT2D eigenvalue weighted by molar-refractivity contribution is 0.101. The Balaban J connectivity index is 1.63. The first-order valence-electron chi connectivity index (χ1n) is 8.78. The fourth-order valence-corrected chi connectivity index (χ4v) is 3.52. The fraction of sp³-hybridized carbons (Fsp3) is 0.286. The average Bonchev–Trinajstić information content (AvgIpc) is 3.16. The summed E-state index contributed by atoms with van der Waals surface area (Å²) in [6.45, 7) is 3.69. The third kappa shape index (κ3) is 4.77. The first kappa shape index (κ1) is 19.2. The molecule has 0 N–H and O–H groups in total. The second kappa shape index (κ2) is 8.86. The van der Waals surface area contributed by atoms with Crippen molar-refractivity contribution in [2.75, 3.05) is 7.11 Å². The zero-order valence-electron chi connectivity index (χ0n) is 15.7. The molecule has 0 bridgehead atoms. The average molecular weight is 382 g/mol. The highest BCUT2D eigenvalue weighted by molar-refractivity contribution is 7.97. The van der Waals surface area contributed by atoms with Crippen molar-refractivity contribution in [2.45, 2.75) is 31.8 Å².